The summed E-state index contributed by atoms with van der Waals surface area (Å²) in [6.45, 7) is 0. The van der Waals surface area contributed by atoms with E-state index in [1.807, 2.05) is 12.4 Å². The first-order valence-corrected chi connectivity index (χ1v) is 16.5. The number of pyridine rings is 1. The fraction of sp³-hybridized carbons (Fsp3) is 0. The first kappa shape index (κ1) is 26.9. The number of fused-ring (bicyclic) bond motifs is 12. The van der Waals surface area contributed by atoms with Crippen molar-refractivity contribution in [3.8, 4) is 33.4 Å². The summed E-state index contributed by atoms with van der Waals surface area (Å²) in [6, 6.07) is 60.1. The highest BCUT2D eigenvalue weighted by Crippen LogP contribution is 2.39. The first-order chi connectivity index (χ1) is 23.8. The van der Waals surface area contributed by atoms with Crippen molar-refractivity contribution in [2.45, 2.75) is 0 Å². The van der Waals surface area contributed by atoms with Gasteiger partial charge in [0.1, 0.15) is 0 Å². The van der Waals surface area contributed by atoms with E-state index in [4.69, 9.17) is 0 Å². The van der Waals surface area contributed by atoms with Gasteiger partial charge in [0.15, 0.2) is 0 Å². The largest absolute Gasteiger partial charge is 0.264 e. The van der Waals surface area contributed by atoms with Crippen molar-refractivity contribution in [1.29, 1.82) is 0 Å². The molecule has 0 bridgehead atoms. The zero-order valence-corrected chi connectivity index (χ0v) is 26.2. The van der Waals surface area contributed by atoms with Gasteiger partial charge in [0.25, 0.3) is 0 Å². The number of aromatic nitrogens is 1. The average Bonchev–Trinajstić information content (AvgIpc) is 3.18. The molecule has 0 unspecified atom stereocenters. The minimum atomic E-state index is 1.20. The molecule has 222 valence electrons. The van der Waals surface area contributed by atoms with Gasteiger partial charge < -0.3 is 0 Å². The van der Waals surface area contributed by atoms with E-state index < -0.39 is 0 Å². The van der Waals surface area contributed by atoms with Crippen LogP contribution in [0.1, 0.15) is 0 Å². The molecule has 0 N–H and O–H groups in total. The average molecular weight is 608 g/mol. The van der Waals surface area contributed by atoms with Crippen LogP contribution in [-0.4, -0.2) is 4.98 Å². The van der Waals surface area contributed by atoms with E-state index >= 15 is 0 Å². The molecule has 1 heteroatoms. The Kier molecular flexibility index (Phi) is 5.94. The van der Waals surface area contributed by atoms with Crippen molar-refractivity contribution >= 4 is 64.6 Å². The predicted molar refractivity (Wildman–Crippen MR) is 206 cm³/mol. The molecule has 9 aromatic carbocycles. The zero-order chi connectivity index (χ0) is 31.6. The molecule has 0 aliphatic carbocycles. The monoisotopic (exact) mass is 607 g/mol. The number of benzene rings is 9. The van der Waals surface area contributed by atoms with Gasteiger partial charge in [0.2, 0.25) is 0 Å². The van der Waals surface area contributed by atoms with E-state index in [9.17, 15) is 0 Å². The third-order valence-electron chi connectivity index (χ3n) is 10.1. The van der Waals surface area contributed by atoms with Crippen molar-refractivity contribution in [3.63, 3.8) is 0 Å². The third kappa shape index (κ3) is 4.15. The topological polar surface area (TPSA) is 12.9 Å². The first-order valence-electron chi connectivity index (χ1n) is 16.5. The standard InChI is InChI=1S/C47H29N/c1-2-15-38-36(13-1)37-14-3-4-16-39(37)45-27-34(19-21-42(38)45)32-11-7-9-30(25-32)31-10-8-12-33(26-31)35-20-22-43-44-23-24-48-29-47(44)41-18-6-5-17-40(41)46(43)28-35/h1-29H. The second-order valence-electron chi connectivity index (χ2n) is 12.7. The number of rotatable bonds is 3. The Labute approximate surface area is 278 Å². The molecule has 0 aliphatic rings. The van der Waals surface area contributed by atoms with Crippen molar-refractivity contribution in [3.05, 3.63) is 176 Å². The van der Waals surface area contributed by atoms with E-state index in [2.05, 4.69) is 169 Å². The second-order valence-corrected chi connectivity index (χ2v) is 12.7. The minimum absolute atomic E-state index is 1.20. The van der Waals surface area contributed by atoms with Gasteiger partial charge in [-0.05, 0) is 123 Å². The van der Waals surface area contributed by atoms with Gasteiger partial charge in [-0.2, -0.15) is 0 Å². The molecule has 0 atom stereocenters. The highest BCUT2D eigenvalue weighted by Gasteiger charge is 2.12. The molecule has 48 heavy (non-hydrogen) atoms. The second kappa shape index (κ2) is 10.6. The molecular formula is C47H29N. The summed E-state index contributed by atoms with van der Waals surface area (Å²) < 4.78 is 0. The Balaban J connectivity index is 1.08. The summed E-state index contributed by atoms with van der Waals surface area (Å²) >= 11 is 0. The molecule has 0 saturated heterocycles. The van der Waals surface area contributed by atoms with Crippen molar-refractivity contribution in [2.24, 2.45) is 0 Å². The van der Waals surface area contributed by atoms with Gasteiger partial charge in [-0.1, -0.05) is 133 Å². The highest BCUT2D eigenvalue weighted by molar-refractivity contribution is 6.26. The molecule has 1 aromatic heterocycles. The molecular weight excluding hydrogens is 579 g/mol. The maximum atomic E-state index is 4.44. The molecule has 0 fully saturated rings. The van der Waals surface area contributed by atoms with Crippen molar-refractivity contribution in [2.75, 3.05) is 0 Å². The Bertz CT molecular complexity index is 2630. The lowest BCUT2D eigenvalue weighted by Crippen LogP contribution is -1.87. The fourth-order valence-corrected chi connectivity index (χ4v) is 7.82. The molecule has 10 rings (SSSR count). The number of hydrogen-bond donors (Lipinski definition) is 0. The summed E-state index contributed by atoms with van der Waals surface area (Å²) in [5.41, 5.74) is 7.29. The van der Waals surface area contributed by atoms with Gasteiger partial charge in [-0.25, -0.2) is 0 Å². The maximum absolute atomic E-state index is 4.44. The Morgan fingerprint density at radius 3 is 1.00 bits per heavy atom. The van der Waals surface area contributed by atoms with Crippen LogP contribution >= 0.6 is 0 Å². The molecule has 0 radical (unpaired) electrons. The Morgan fingerprint density at radius 1 is 0.229 bits per heavy atom. The molecule has 0 saturated carbocycles. The molecule has 0 aliphatic heterocycles. The quantitative estimate of drug-likeness (QED) is 0.182. The Hall–Kier alpha value is -6.31. The fourth-order valence-electron chi connectivity index (χ4n) is 7.82. The summed E-state index contributed by atoms with van der Waals surface area (Å²) in [5, 5.41) is 15.3. The third-order valence-corrected chi connectivity index (χ3v) is 10.1. The summed E-state index contributed by atoms with van der Waals surface area (Å²) in [6.07, 6.45) is 3.88. The van der Waals surface area contributed by atoms with Gasteiger partial charge in [-0.3, -0.25) is 4.98 Å². The van der Waals surface area contributed by atoms with Crippen LogP contribution in [-0.2, 0) is 0 Å². The normalized spacial score (nSPS) is 11.8. The lowest BCUT2D eigenvalue weighted by molar-refractivity contribution is 1.37. The van der Waals surface area contributed by atoms with Crippen LogP contribution in [0.5, 0.6) is 0 Å². The van der Waals surface area contributed by atoms with E-state index in [1.165, 1.54) is 98.0 Å². The van der Waals surface area contributed by atoms with Gasteiger partial charge >= 0.3 is 0 Å². The maximum Gasteiger partial charge on any atom is 0.0352 e. The van der Waals surface area contributed by atoms with E-state index in [0.717, 1.165) is 0 Å². The highest BCUT2D eigenvalue weighted by atomic mass is 14.6. The summed E-state index contributed by atoms with van der Waals surface area (Å²) in [7, 11) is 0. The van der Waals surface area contributed by atoms with Gasteiger partial charge in [0.05, 0.1) is 0 Å². The van der Waals surface area contributed by atoms with Crippen LogP contribution < -0.4 is 0 Å². The van der Waals surface area contributed by atoms with Crippen molar-refractivity contribution < 1.29 is 0 Å². The lowest BCUT2D eigenvalue weighted by atomic mass is 9.91. The molecule has 1 nitrogen and oxygen atoms in total. The molecule has 0 amide bonds. The van der Waals surface area contributed by atoms with Crippen LogP contribution in [0.3, 0.4) is 0 Å². The van der Waals surface area contributed by atoms with Crippen LogP contribution in [0.2, 0.25) is 0 Å². The lowest BCUT2D eigenvalue weighted by Gasteiger charge is -2.13. The van der Waals surface area contributed by atoms with Gasteiger partial charge in [-0.15, -0.1) is 0 Å². The van der Waals surface area contributed by atoms with E-state index in [0.29, 0.717) is 0 Å². The van der Waals surface area contributed by atoms with Crippen LogP contribution in [0.15, 0.2) is 176 Å². The SMILES string of the molecule is c1cc(-c2cccc(-c3ccc4c5ccncc5c5ccccc5c4c3)c2)cc(-c2ccc3c4ccccc4c4ccccc4c3c2)c1. The predicted octanol–water partition coefficient (Wildman–Crippen LogP) is 13.0. The number of hydrogen-bond acceptors (Lipinski definition) is 1. The Morgan fingerprint density at radius 2 is 0.562 bits per heavy atom. The van der Waals surface area contributed by atoms with Crippen LogP contribution in [0.4, 0.5) is 0 Å². The van der Waals surface area contributed by atoms with E-state index in [-0.39, 0.29) is 0 Å². The summed E-state index contributed by atoms with van der Waals surface area (Å²) in [5.74, 6) is 0. The van der Waals surface area contributed by atoms with Crippen molar-refractivity contribution in [1.82, 2.24) is 4.98 Å². The molecule has 10 aromatic rings. The van der Waals surface area contributed by atoms with Crippen LogP contribution in [0, 0.1) is 0 Å². The molecule has 1 heterocycles. The zero-order valence-electron chi connectivity index (χ0n) is 26.2. The molecule has 0 spiro atoms. The summed E-state index contributed by atoms with van der Waals surface area (Å²) in [4.78, 5) is 4.44. The minimum Gasteiger partial charge on any atom is -0.264 e. The van der Waals surface area contributed by atoms with Crippen LogP contribution in [0.25, 0.3) is 98.0 Å². The number of nitrogens with zero attached hydrogens (tertiary/aromatic N) is 1. The smallest absolute Gasteiger partial charge is 0.0352 e. The van der Waals surface area contributed by atoms with E-state index in [1.54, 1.807) is 0 Å². The van der Waals surface area contributed by atoms with Gasteiger partial charge in [0, 0.05) is 17.8 Å².